The van der Waals surface area contributed by atoms with Gasteiger partial charge in [0.25, 0.3) is 11.8 Å². The number of hydrogen-bond donors (Lipinski definition) is 4. The SMILES string of the molecule is Cc1ccc(NC(=O)NCc2ccc3c(c2)CN(C2CCC(=O)N(COC(=O)NCCNC(=O)OC(C)(C)C)C2=O)C3=O)cc1Cl. The summed E-state index contributed by atoms with van der Waals surface area (Å²) in [5.41, 5.74) is 2.63. The molecule has 0 bridgehead atoms. The number of likely N-dealkylation sites (tertiary alicyclic amines) is 1. The fraction of sp³-hybridized carbons (Fsp3) is 0.419. The first kappa shape index (κ1) is 34.0. The zero-order valence-electron chi connectivity index (χ0n) is 26.0. The Kier molecular flexibility index (Phi) is 10.7. The summed E-state index contributed by atoms with van der Waals surface area (Å²) < 4.78 is 10.2. The molecule has 1 atom stereocenters. The lowest BCUT2D eigenvalue weighted by Gasteiger charge is -2.34. The van der Waals surface area contributed by atoms with Gasteiger partial charge in [0.2, 0.25) is 5.91 Å². The Balaban J connectivity index is 1.26. The summed E-state index contributed by atoms with van der Waals surface area (Å²) in [6, 6.07) is 9.01. The van der Waals surface area contributed by atoms with Crippen LogP contribution in [0.25, 0.3) is 0 Å². The fourth-order valence-electron chi connectivity index (χ4n) is 4.85. The lowest BCUT2D eigenvalue weighted by Crippen LogP contribution is -2.55. The first-order valence-corrected chi connectivity index (χ1v) is 15.0. The van der Waals surface area contributed by atoms with Crippen LogP contribution in [0.5, 0.6) is 0 Å². The molecule has 14 nitrogen and oxygen atoms in total. The van der Waals surface area contributed by atoms with Crippen molar-refractivity contribution in [2.75, 3.05) is 25.1 Å². The molecule has 246 valence electrons. The molecule has 0 aliphatic carbocycles. The van der Waals surface area contributed by atoms with Crippen LogP contribution in [0.2, 0.25) is 5.02 Å². The molecular formula is C31H37ClN6O8. The number of nitrogens with one attached hydrogen (secondary N) is 4. The summed E-state index contributed by atoms with van der Waals surface area (Å²) in [6.45, 7) is 6.82. The van der Waals surface area contributed by atoms with Crippen LogP contribution in [0.15, 0.2) is 36.4 Å². The van der Waals surface area contributed by atoms with Crippen LogP contribution in [0.3, 0.4) is 0 Å². The number of hydrogen-bond acceptors (Lipinski definition) is 8. The molecule has 2 aromatic carbocycles. The number of aryl methyl sites for hydroxylation is 1. The number of carbonyl (C=O) groups excluding carboxylic acids is 6. The quantitative estimate of drug-likeness (QED) is 0.234. The van der Waals surface area contributed by atoms with Crippen molar-refractivity contribution >= 4 is 53.2 Å². The predicted molar refractivity (Wildman–Crippen MR) is 167 cm³/mol. The second-order valence-electron chi connectivity index (χ2n) is 11.8. The number of carbonyl (C=O) groups is 6. The van der Waals surface area contributed by atoms with Gasteiger partial charge in [-0.05, 0) is 69.0 Å². The number of anilines is 1. The van der Waals surface area contributed by atoms with Crippen molar-refractivity contribution in [3.63, 3.8) is 0 Å². The normalized spacial score (nSPS) is 16.1. The number of urea groups is 1. The van der Waals surface area contributed by atoms with Gasteiger partial charge in [0.15, 0.2) is 6.73 Å². The van der Waals surface area contributed by atoms with Gasteiger partial charge in [0, 0.05) is 48.9 Å². The van der Waals surface area contributed by atoms with Crippen LogP contribution in [0.4, 0.5) is 20.1 Å². The van der Waals surface area contributed by atoms with Crippen molar-refractivity contribution in [2.45, 2.75) is 65.3 Å². The van der Waals surface area contributed by atoms with Crippen molar-refractivity contribution in [2.24, 2.45) is 0 Å². The summed E-state index contributed by atoms with van der Waals surface area (Å²) in [5.74, 6) is -1.52. The van der Waals surface area contributed by atoms with Gasteiger partial charge >= 0.3 is 18.2 Å². The third kappa shape index (κ3) is 8.87. The summed E-state index contributed by atoms with van der Waals surface area (Å²) in [7, 11) is 0. The van der Waals surface area contributed by atoms with Crippen LogP contribution in [-0.4, -0.2) is 77.2 Å². The summed E-state index contributed by atoms with van der Waals surface area (Å²) in [5, 5.41) is 10.9. The van der Waals surface area contributed by atoms with E-state index in [1.54, 1.807) is 57.2 Å². The molecule has 7 amide bonds. The van der Waals surface area contributed by atoms with Gasteiger partial charge in [0.1, 0.15) is 11.6 Å². The molecule has 4 N–H and O–H groups in total. The summed E-state index contributed by atoms with van der Waals surface area (Å²) in [6.07, 6.45) is -1.42. The standard InChI is InChI=1S/C31H37ClN6O8/c1-18-5-7-21(14-23(18)32)36-28(42)35-15-19-6-8-22-20(13-19)16-37(26(22)40)24-9-10-25(39)38(27(24)41)17-45-29(43)33-11-12-34-30(44)46-31(2,3)4/h5-8,13-14,24H,9-12,15-17H2,1-4H3,(H,33,43)(H,34,44)(H2,35,36,42). The Morgan fingerprint density at radius 2 is 1.70 bits per heavy atom. The Morgan fingerprint density at radius 1 is 0.978 bits per heavy atom. The zero-order chi connectivity index (χ0) is 33.6. The Bertz CT molecular complexity index is 1540. The van der Waals surface area contributed by atoms with Gasteiger partial charge in [-0.2, -0.15) is 0 Å². The van der Waals surface area contributed by atoms with Crippen molar-refractivity contribution in [1.29, 1.82) is 0 Å². The molecule has 0 spiro atoms. The van der Waals surface area contributed by atoms with E-state index in [0.29, 0.717) is 21.8 Å². The molecule has 1 fully saturated rings. The van der Waals surface area contributed by atoms with Crippen LogP contribution in [0, 0.1) is 6.92 Å². The minimum atomic E-state index is -0.920. The third-order valence-electron chi connectivity index (χ3n) is 7.13. The molecule has 1 saturated heterocycles. The zero-order valence-corrected chi connectivity index (χ0v) is 26.8. The van der Waals surface area contributed by atoms with E-state index in [4.69, 9.17) is 21.1 Å². The average Bonchev–Trinajstić information content (AvgIpc) is 3.30. The van der Waals surface area contributed by atoms with E-state index in [0.717, 1.165) is 16.0 Å². The fourth-order valence-corrected chi connectivity index (χ4v) is 5.03. The molecule has 46 heavy (non-hydrogen) atoms. The Hall–Kier alpha value is -4.85. The number of imide groups is 1. The highest BCUT2D eigenvalue weighted by atomic mass is 35.5. The van der Waals surface area contributed by atoms with E-state index >= 15 is 0 Å². The maximum Gasteiger partial charge on any atom is 0.408 e. The number of nitrogens with zero attached hydrogens (tertiary/aromatic N) is 2. The van der Waals surface area contributed by atoms with Gasteiger partial charge in [-0.25, -0.2) is 19.3 Å². The van der Waals surface area contributed by atoms with Gasteiger partial charge in [0.05, 0.1) is 0 Å². The lowest BCUT2D eigenvalue weighted by atomic mass is 10.0. The number of fused-ring (bicyclic) bond motifs is 1. The van der Waals surface area contributed by atoms with Crippen molar-refractivity contribution in [3.05, 3.63) is 63.7 Å². The van der Waals surface area contributed by atoms with E-state index in [1.807, 2.05) is 6.92 Å². The maximum absolute atomic E-state index is 13.3. The van der Waals surface area contributed by atoms with Crippen molar-refractivity contribution < 1.29 is 38.2 Å². The van der Waals surface area contributed by atoms with Crippen LogP contribution >= 0.6 is 11.6 Å². The largest absolute Gasteiger partial charge is 0.444 e. The van der Waals surface area contributed by atoms with E-state index in [-0.39, 0.29) is 44.9 Å². The molecule has 2 aromatic rings. The number of rotatable bonds is 9. The van der Waals surface area contributed by atoms with Crippen molar-refractivity contribution in [3.8, 4) is 0 Å². The van der Waals surface area contributed by atoms with E-state index in [2.05, 4.69) is 21.3 Å². The number of ether oxygens (including phenoxy) is 2. The van der Waals surface area contributed by atoms with E-state index in [9.17, 15) is 28.8 Å². The molecular weight excluding hydrogens is 620 g/mol. The topological polar surface area (TPSA) is 175 Å². The van der Waals surface area contributed by atoms with Crippen LogP contribution < -0.4 is 21.3 Å². The second kappa shape index (κ2) is 14.5. The maximum atomic E-state index is 13.3. The first-order valence-electron chi connectivity index (χ1n) is 14.7. The van der Waals surface area contributed by atoms with Gasteiger partial charge in [-0.3, -0.25) is 14.4 Å². The molecule has 2 heterocycles. The average molecular weight is 657 g/mol. The Labute approximate surface area is 271 Å². The number of amides is 7. The highest BCUT2D eigenvalue weighted by Gasteiger charge is 2.43. The number of halogens is 1. The third-order valence-corrected chi connectivity index (χ3v) is 7.54. The molecule has 0 radical (unpaired) electrons. The number of alkyl carbamates (subject to hydrolysis) is 2. The highest BCUT2D eigenvalue weighted by Crippen LogP contribution is 2.30. The lowest BCUT2D eigenvalue weighted by molar-refractivity contribution is -0.156. The smallest absolute Gasteiger partial charge is 0.408 e. The van der Waals surface area contributed by atoms with Gasteiger partial charge in [-0.15, -0.1) is 0 Å². The molecule has 2 aliphatic rings. The highest BCUT2D eigenvalue weighted by molar-refractivity contribution is 6.31. The van der Waals surface area contributed by atoms with Crippen molar-refractivity contribution in [1.82, 2.24) is 25.8 Å². The minimum absolute atomic E-state index is 0.0161. The molecule has 0 aromatic heterocycles. The predicted octanol–water partition coefficient (Wildman–Crippen LogP) is 3.65. The second-order valence-corrected chi connectivity index (χ2v) is 12.2. The monoisotopic (exact) mass is 656 g/mol. The molecule has 1 unspecified atom stereocenters. The summed E-state index contributed by atoms with van der Waals surface area (Å²) >= 11 is 6.12. The summed E-state index contributed by atoms with van der Waals surface area (Å²) in [4.78, 5) is 77.5. The first-order chi connectivity index (χ1) is 21.7. The van der Waals surface area contributed by atoms with Crippen LogP contribution in [0.1, 0.15) is 60.7 Å². The minimum Gasteiger partial charge on any atom is -0.444 e. The van der Waals surface area contributed by atoms with E-state index in [1.165, 1.54) is 4.90 Å². The number of benzene rings is 2. The van der Waals surface area contributed by atoms with Crippen LogP contribution in [-0.2, 0) is 32.2 Å². The molecule has 2 aliphatic heterocycles. The molecule has 4 rings (SSSR count). The van der Waals surface area contributed by atoms with Gasteiger partial charge < -0.3 is 35.6 Å². The molecule has 0 saturated carbocycles. The number of piperidine rings is 1. The Morgan fingerprint density at radius 3 is 2.39 bits per heavy atom. The van der Waals surface area contributed by atoms with Gasteiger partial charge in [-0.1, -0.05) is 29.8 Å². The molecule has 15 heteroatoms. The van der Waals surface area contributed by atoms with E-state index < -0.39 is 48.4 Å².